The summed E-state index contributed by atoms with van der Waals surface area (Å²) >= 11 is 0. The van der Waals surface area contributed by atoms with Gasteiger partial charge in [-0.15, -0.1) is 0 Å². The molecule has 6 heteroatoms. The van der Waals surface area contributed by atoms with E-state index in [2.05, 4.69) is 34.7 Å². The number of anilines is 1. The molecule has 1 fully saturated rings. The first-order valence-electron chi connectivity index (χ1n) is 9.81. The summed E-state index contributed by atoms with van der Waals surface area (Å²) in [5.74, 6) is -2.33. The molecule has 2 bridgehead atoms. The summed E-state index contributed by atoms with van der Waals surface area (Å²) in [6.45, 7) is 0.589. The maximum Gasteiger partial charge on any atom is 0.307 e. The Balaban J connectivity index is 1.32. The molecule has 2 aliphatic rings. The van der Waals surface area contributed by atoms with Gasteiger partial charge in [0.1, 0.15) is 0 Å². The van der Waals surface area contributed by atoms with Gasteiger partial charge in [0.2, 0.25) is 5.91 Å². The minimum Gasteiger partial charge on any atom is -0.481 e. The van der Waals surface area contributed by atoms with E-state index in [-0.39, 0.29) is 17.7 Å². The van der Waals surface area contributed by atoms with E-state index in [4.69, 9.17) is 0 Å². The van der Waals surface area contributed by atoms with Crippen molar-refractivity contribution in [3.05, 3.63) is 72.6 Å². The predicted octanol–water partition coefficient (Wildman–Crippen LogP) is 3.55. The van der Waals surface area contributed by atoms with Crippen LogP contribution in [0.2, 0.25) is 0 Å². The maximum absolute atomic E-state index is 12.8. The SMILES string of the molecule is O=C(O)[C@@H]1[C@H](C(=O)Nc2cnn(Cc3cccc4ccccc34)c2)[C@H]2C=C[C@H]1C2. The van der Waals surface area contributed by atoms with Crippen LogP contribution in [0.4, 0.5) is 5.69 Å². The minimum atomic E-state index is -0.895. The van der Waals surface area contributed by atoms with E-state index in [1.54, 1.807) is 17.1 Å². The van der Waals surface area contributed by atoms with E-state index >= 15 is 0 Å². The second kappa shape index (κ2) is 6.88. The number of carboxylic acids is 1. The number of hydrogen-bond donors (Lipinski definition) is 2. The lowest BCUT2D eigenvalue weighted by atomic mass is 9.82. The largest absolute Gasteiger partial charge is 0.481 e. The number of fused-ring (bicyclic) bond motifs is 3. The van der Waals surface area contributed by atoms with Gasteiger partial charge >= 0.3 is 5.97 Å². The summed E-state index contributed by atoms with van der Waals surface area (Å²) in [4.78, 5) is 24.5. The predicted molar refractivity (Wildman–Crippen MR) is 109 cm³/mol. The van der Waals surface area contributed by atoms with Crippen molar-refractivity contribution >= 4 is 28.3 Å². The normalized spacial score (nSPS) is 24.8. The van der Waals surface area contributed by atoms with Crippen LogP contribution in [0.15, 0.2) is 67.0 Å². The van der Waals surface area contributed by atoms with Crippen molar-refractivity contribution in [1.82, 2.24) is 9.78 Å². The molecule has 2 aliphatic carbocycles. The lowest BCUT2D eigenvalue weighted by molar-refractivity contribution is -0.146. The molecular formula is C23H21N3O3. The molecule has 29 heavy (non-hydrogen) atoms. The highest BCUT2D eigenvalue weighted by molar-refractivity contribution is 5.96. The molecule has 0 radical (unpaired) electrons. The molecule has 0 saturated heterocycles. The average molecular weight is 387 g/mol. The molecule has 3 aromatic rings. The van der Waals surface area contributed by atoms with Crippen molar-refractivity contribution in [3.63, 3.8) is 0 Å². The van der Waals surface area contributed by atoms with Crippen LogP contribution in [0.5, 0.6) is 0 Å². The van der Waals surface area contributed by atoms with E-state index in [0.29, 0.717) is 12.2 Å². The van der Waals surface area contributed by atoms with Crippen molar-refractivity contribution in [3.8, 4) is 0 Å². The molecule has 0 unspecified atom stereocenters. The number of nitrogens with one attached hydrogen (secondary N) is 1. The number of nitrogens with zero attached hydrogens (tertiary/aromatic N) is 2. The molecule has 6 nitrogen and oxygen atoms in total. The Morgan fingerprint density at radius 2 is 1.83 bits per heavy atom. The Morgan fingerprint density at radius 1 is 1.07 bits per heavy atom. The third kappa shape index (κ3) is 3.10. The van der Waals surface area contributed by atoms with Crippen LogP contribution in [0.25, 0.3) is 10.8 Å². The van der Waals surface area contributed by atoms with E-state index in [0.717, 1.165) is 12.0 Å². The zero-order valence-electron chi connectivity index (χ0n) is 15.7. The Morgan fingerprint density at radius 3 is 2.66 bits per heavy atom. The molecule has 1 saturated carbocycles. The first-order valence-corrected chi connectivity index (χ1v) is 9.81. The van der Waals surface area contributed by atoms with E-state index < -0.39 is 17.8 Å². The Hall–Kier alpha value is -3.41. The van der Waals surface area contributed by atoms with Gasteiger partial charge in [-0.2, -0.15) is 5.10 Å². The summed E-state index contributed by atoms with van der Waals surface area (Å²) in [6.07, 6.45) is 8.07. The van der Waals surface area contributed by atoms with Gasteiger partial charge in [-0.25, -0.2) is 0 Å². The molecule has 4 atom stereocenters. The van der Waals surface area contributed by atoms with Gasteiger partial charge in [-0.05, 0) is 34.6 Å². The quantitative estimate of drug-likeness (QED) is 0.656. The van der Waals surface area contributed by atoms with Crippen molar-refractivity contribution in [2.24, 2.45) is 23.7 Å². The molecule has 146 valence electrons. The second-order valence-electron chi connectivity index (χ2n) is 7.89. The van der Waals surface area contributed by atoms with Gasteiger partial charge in [0, 0.05) is 6.20 Å². The van der Waals surface area contributed by atoms with E-state index in [1.165, 1.54) is 10.8 Å². The Bertz CT molecular complexity index is 1130. The van der Waals surface area contributed by atoms with Crippen LogP contribution in [0.3, 0.4) is 0 Å². The summed E-state index contributed by atoms with van der Waals surface area (Å²) in [6, 6.07) is 14.4. The van der Waals surface area contributed by atoms with Crippen molar-refractivity contribution in [1.29, 1.82) is 0 Å². The average Bonchev–Trinajstić information content (AvgIpc) is 3.44. The van der Waals surface area contributed by atoms with E-state index in [9.17, 15) is 14.7 Å². The fraction of sp³-hybridized carbons (Fsp3) is 0.261. The van der Waals surface area contributed by atoms with Crippen LogP contribution < -0.4 is 5.32 Å². The molecule has 2 N–H and O–H groups in total. The molecule has 0 spiro atoms. The van der Waals surface area contributed by atoms with Crippen LogP contribution in [-0.4, -0.2) is 26.8 Å². The summed E-state index contributed by atoms with van der Waals surface area (Å²) in [5, 5.41) is 19.1. The third-order valence-corrected chi connectivity index (χ3v) is 6.16. The molecular weight excluding hydrogens is 366 g/mol. The number of carboxylic acid groups (broad SMARTS) is 1. The van der Waals surface area contributed by atoms with Gasteiger partial charge in [0.25, 0.3) is 0 Å². The van der Waals surface area contributed by atoms with E-state index in [1.807, 2.05) is 30.4 Å². The molecule has 1 heterocycles. The third-order valence-electron chi connectivity index (χ3n) is 6.16. The second-order valence-corrected chi connectivity index (χ2v) is 7.89. The van der Waals surface area contributed by atoms with Crippen LogP contribution in [-0.2, 0) is 16.1 Å². The zero-order chi connectivity index (χ0) is 20.0. The number of hydrogen-bond acceptors (Lipinski definition) is 3. The fourth-order valence-electron chi connectivity index (χ4n) is 4.86. The molecule has 5 rings (SSSR count). The topological polar surface area (TPSA) is 84.2 Å². The standard InChI is InChI=1S/C23H21N3O3/c27-22(20-15-8-9-16(10-15)21(20)23(28)29)25-18-11-24-26(13-18)12-17-6-3-5-14-4-1-2-7-19(14)17/h1-9,11,13,15-16,20-21H,10,12H2,(H,25,27)(H,28,29)/t15-,16-,20+,21-/m0/s1. The maximum atomic E-state index is 12.8. The molecule has 2 aromatic carbocycles. The van der Waals surface area contributed by atoms with Crippen molar-refractivity contribution in [2.75, 3.05) is 5.32 Å². The number of aromatic nitrogens is 2. The van der Waals surface area contributed by atoms with Crippen molar-refractivity contribution < 1.29 is 14.7 Å². The van der Waals surface area contributed by atoms with Gasteiger partial charge in [0.05, 0.1) is 30.3 Å². The highest BCUT2D eigenvalue weighted by Gasteiger charge is 2.51. The molecule has 0 aliphatic heterocycles. The van der Waals surface area contributed by atoms with Crippen LogP contribution in [0, 0.1) is 23.7 Å². The highest BCUT2D eigenvalue weighted by atomic mass is 16.4. The smallest absolute Gasteiger partial charge is 0.307 e. The number of carbonyl (C=O) groups is 2. The monoisotopic (exact) mass is 387 g/mol. The number of aliphatic carboxylic acids is 1. The van der Waals surface area contributed by atoms with Gasteiger partial charge in [0.15, 0.2) is 0 Å². The Labute approximate surface area is 167 Å². The first kappa shape index (κ1) is 17.7. The highest BCUT2D eigenvalue weighted by Crippen LogP contribution is 2.48. The molecule has 1 amide bonds. The summed E-state index contributed by atoms with van der Waals surface area (Å²) in [7, 11) is 0. The van der Waals surface area contributed by atoms with Crippen LogP contribution >= 0.6 is 0 Å². The zero-order valence-corrected chi connectivity index (χ0v) is 15.7. The summed E-state index contributed by atoms with van der Waals surface area (Å²) < 4.78 is 1.78. The number of carbonyl (C=O) groups excluding carboxylic acids is 1. The van der Waals surface area contributed by atoms with Gasteiger partial charge in [-0.3, -0.25) is 14.3 Å². The van der Waals surface area contributed by atoms with Crippen molar-refractivity contribution in [2.45, 2.75) is 13.0 Å². The lowest BCUT2D eigenvalue weighted by Gasteiger charge is -2.23. The minimum absolute atomic E-state index is 0.00632. The summed E-state index contributed by atoms with van der Waals surface area (Å²) in [5.41, 5.74) is 1.74. The van der Waals surface area contributed by atoms with Gasteiger partial charge < -0.3 is 10.4 Å². The number of amides is 1. The number of rotatable bonds is 5. The number of allylic oxidation sites excluding steroid dienone is 2. The Kier molecular flexibility index (Phi) is 4.19. The number of benzene rings is 2. The van der Waals surface area contributed by atoms with Crippen LogP contribution in [0.1, 0.15) is 12.0 Å². The lowest BCUT2D eigenvalue weighted by Crippen LogP contribution is -2.36. The fourth-order valence-corrected chi connectivity index (χ4v) is 4.86. The first-order chi connectivity index (χ1) is 14.1. The van der Waals surface area contributed by atoms with Gasteiger partial charge in [-0.1, -0.05) is 54.6 Å². The molecule has 1 aromatic heterocycles.